The number of aliphatic hydroxyl groups is 1. The molecule has 2 atom stereocenters. The number of aliphatic hydroxyl groups excluding tert-OH is 1. The van der Waals surface area contributed by atoms with Gasteiger partial charge in [-0.2, -0.15) is 0 Å². The van der Waals surface area contributed by atoms with E-state index in [1.54, 1.807) is 0 Å². The highest BCUT2D eigenvalue weighted by Crippen LogP contribution is 1.94. The van der Waals surface area contributed by atoms with E-state index in [9.17, 15) is 4.79 Å². The van der Waals surface area contributed by atoms with E-state index < -0.39 is 18.4 Å². The summed E-state index contributed by atoms with van der Waals surface area (Å²) < 4.78 is 4.42. The second-order valence-corrected chi connectivity index (χ2v) is 2.17. The van der Waals surface area contributed by atoms with Crippen LogP contribution < -0.4 is 5.32 Å². The lowest BCUT2D eigenvalue weighted by molar-refractivity contribution is -0.147. The minimum Gasteiger partial charge on any atom is -0.480 e. The summed E-state index contributed by atoms with van der Waals surface area (Å²) >= 11 is 0. The summed E-state index contributed by atoms with van der Waals surface area (Å²) in [6.45, 7) is 3.39. The molecule has 0 spiro atoms. The van der Waals surface area contributed by atoms with Crippen LogP contribution in [-0.2, 0) is 9.53 Å². The van der Waals surface area contributed by atoms with Crippen LogP contribution >= 0.6 is 0 Å². The second-order valence-electron chi connectivity index (χ2n) is 2.17. The molecule has 12 heavy (non-hydrogen) atoms. The third-order valence-electron chi connectivity index (χ3n) is 1.27. The van der Waals surface area contributed by atoms with Crippen LogP contribution in [0, 0.1) is 0 Å². The summed E-state index contributed by atoms with van der Waals surface area (Å²) in [5.41, 5.74) is 0. The van der Waals surface area contributed by atoms with Gasteiger partial charge in [0, 0.05) is 7.11 Å². The molecule has 0 amide bonds. The van der Waals surface area contributed by atoms with Gasteiger partial charge in [-0.15, -0.1) is 6.58 Å². The van der Waals surface area contributed by atoms with Gasteiger partial charge in [-0.1, -0.05) is 6.08 Å². The lowest BCUT2D eigenvalue weighted by Crippen LogP contribution is -2.43. The number of nitrogens with one attached hydrogen (secondary N) is 1. The molecule has 3 N–H and O–H groups in total. The number of carboxylic acids is 1. The van der Waals surface area contributed by atoms with Crippen molar-refractivity contribution >= 4 is 5.97 Å². The minimum absolute atomic E-state index is 0.232. The Balaban J connectivity index is 3.94. The van der Waals surface area contributed by atoms with Crippen LogP contribution in [0.5, 0.6) is 0 Å². The lowest BCUT2D eigenvalue weighted by atomic mass is 10.2. The van der Waals surface area contributed by atoms with Gasteiger partial charge in [0.1, 0.15) is 6.04 Å². The second kappa shape index (κ2) is 5.70. The molecule has 0 aliphatic rings. The smallest absolute Gasteiger partial charge is 0.321 e. The first-order valence-corrected chi connectivity index (χ1v) is 3.42. The van der Waals surface area contributed by atoms with E-state index in [4.69, 9.17) is 10.2 Å². The Morgan fingerprint density at radius 2 is 2.42 bits per heavy atom. The number of methoxy groups -OCH3 is 1. The molecule has 0 heterocycles. The molecule has 5 heteroatoms. The highest BCUT2D eigenvalue weighted by molar-refractivity contribution is 5.73. The van der Waals surface area contributed by atoms with Crippen molar-refractivity contribution in [2.24, 2.45) is 0 Å². The van der Waals surface area contributed by atoms with E-state index in [2.05, 4.69) is 16.6 Å². The normalized spacial score (nSPS) is 15.2. The van der Waals surface area contributed by atoms with E-state index in [0.29, 0.717) is 0 Å². The fourth-order valence-electron chi connectivity index (χ4n) is 0.647. The van der Waals surface area contributed by atoms with Gasteiger partial charge >= 0.3 is 5.97 Å². The molecule has 0 fully saturated rings. The van der Waals surface area contributed by atoms with Crippen LogP contribution in [0.25, 0.3) is 0 Å². The van der Waals surface area contributed by atoms with Crippen LogP contribution in [0.2, 0.25) is 0 Å². The number of ether oxygens (including phenoxy) is 1. The van der Waals surface area contributed by atoms with E-state index >= 15 is 0 Å². The SMILES string of the molecule is C=CCC(NC(O)OC)C(=O)O. The van der Waals surface area contributed by atoms with Crippen molar-refractivity contribution in [3.8, 4) is 0 Å². The van der Waals surface area contributed by atoms with Crippen molar-refractivity contribution in [3.05, 3.63) is 12.7 Å². The number of carbonyl (C=O) groups is 1. The predicted molar refractivity (Wildman–Crippen MR) is 42.4 cm³/mol. The Labute approximate surface area is 70.7 Å². The van der Waals surface area contributed by atoms with Crippen LogP contribution in [0.4, 0.5) is 0 Å². The Bertz CT molecular complexity index is 159. The summed E-state index contributed by atoms with van der Waals surface area (Å²) in [6, 6.07) is -0.863. The molecule has 0 aliphatic heterocycles. The molecular formula is C7H13NO4. The molecule has 0 aliphatic carbocycles. The maximum Gasteiger partial charge on any atom is 0.321 e. The first-order valence-electron chi connectivity index (χ1n) is 3.42. The van der Waals surface area contributed by atoms with Crippen molar-refractivity contribution < 1.29 is 19.7 Å². The van der Waals surface area contributed by atoms with Crippen LogP contribution in [-0.4, -0.2) is 35.7 Å². The van der Waals surface area contributed by atoms with Gasteiger partial charge in [0.25, 0.3) is 0 Å². The molecule has 0 radical (unpaired) electrons. The Morgan fingerprint density at radius 1 is 1.83 bits per heavy atom. The van der Waals surface area contributed by atoms with Crippen LogP contribution in [0.3, 0.4) is 0 Å². The minimum atomic E-state index is -1.26. The van der Waals surface area contributed by atoms with E-state index in [1.165, 1.54) is 13.2 Å². The Hall–Kier alpha value is -0.910. The average Bonchev–Trinajstić information content (AvgIpc) is 2.03. The quantitative estimate of drug-likeness (QED) is 0.375. The van der Waals surface area contributed by atoms with Gasteiger partial charge in [0.2, 0.25) is 6.41 Å². The molecule has 0 aromatic rings. The first kappa shape index (κ1) is 11.1. The predicted octanol–water partition coefficient (Wildman–Crippen LogP) is -0.472. The van der Waals surface area contributed by atoms with Crippen LogP contribution in [0.1, 0.15) is 6.42 Å². The summed E-state index contributed by atoms with van der Waals surface area (Å²) in [5.74, 6) is -1.05. The average molecular weight is 175 g/mol. The maximum absolute atomic E-state index is 10.5. The molecule has 70 valence electrons. The molecule has 0 rings (SSSR count). The van der Waals surface area contributed by atoms with Gasteiger partial charge in [-0.25, -0.2) is 0 Å². The highest BCUT2D eigenvalue weighted by atomic mass is 16.6. The zero-order chi connectivity index (χ0) is 9.56. The number of aliphatic carboxylic acids is 1. The third-order valence-corrected chi connectivity index (χ3v) is 1.27. The van der Waals surface area contributed by atoms with Crippen molar-refractivity contribution in [2.45, 2.75) is 18.9 Å². The number of hydrogen-bond acceptors (Lipinski definition) is 4. The van der Waals surface area contributed by atoms with Crippen LogP contribution in [0.15, 0.2) is 12.7 Å². The molecule has 0 saturated heterocycles. The van der Waals surface area contributed by atoms with Gasteiger partial charge in [-0.3, -0.25) is 10.1 Å². The van der Waals surface area contributed by atoms with Gasteiger partial charge in [-0.05, 0) is 6.42 Å². The van der Waals surface area contributed by atoms with E-state index in [1.807, 2.05) is 0 Å². The molecule has 5 nitrogen and oxygen atoms in total. The zero-order valence-electron chi connectivity index (χ0n) is 6.86. The summed E-state index contributed by atoms with van der Waals surface area (Å²) in [5, 5.41) is 19.8. The maximum atomic E-state index is 10.5. The van der Waals surface area contributed by atoms with Gasteiger partial charge in [0.05, 0.1) is 0 Å². The molecule has 2 unspecified atom stereocenters. The summed E-state index contributed by atoms with van der Waals surface area (Å²) in [7, 11) is 1.27. The molecule has 0 bridgehead atoms. The van der Waals surface area contributed by atoms with E-state index in [-0.39, 0.29) is 6.42 Å². The number of carboxylic acid groups (broad SMARTS) is 1. The summed E-state index contributed by atoms with van der Waals surface area (Å²) in [6.07, 6.45) is 0.426. The van der Waals surface area contributed by atoms with Crippen molar-refractivity contribution in [1.29, 1.82) is 0 Å². The van der Waals surface area contributed by atoms with E-state index in [0.717, 1.165) is 0 Å². The van der Waals surface area contributed by atoms with Crippen molar-refractivity contribution in [2.75, 3.05) is 7.11 Å². The molecule has 0 aromatic carbocycles. The Morgan fingerprint density at radius 3 is 2.75 bits per heavy atom. The fraction of sp³-hybridized carbons (Fsp3) is 0.571. The Kier molecular flexibility index (Phi) is 5.27. The third kappa shape index (κ3) is 4.07. The monoisotopic (exact) mass is 175 g/mol. The number of rotatable bonds is 6. The first-order chi connectivity index (χ1) is 5.61. The standard InChI is InChI=1S/C7H13NO4/c1-3-4-5(6(9)10)8-7(11)12-2/h3,5,7-8,11H,1,4H2,2H3,(H,9,10). The van der Waals surface area contributed by atoms with Gasteiger partial charge in [0.15, 0.2) is 0 Å². The lowest BCUT2D eigenvalue weighted by Gasteiger charge is -2.16. The molecule has 0 saturated carbocycles. The largest absolute Gasteiger partial charge is 0.480 e. The van der Waals surface area contributed by atoms with Crippen molar-refractivity contribution in [3.63, 3.8) is 0 Å². The topological polar surface area (TPSA) is 78.8 Å². The van der Waals surface area contributed by atoms with Crippen molar-refractivity contribution in [1.82, 2.24) is 5.32 Å². The fourth-order valence-corrected chi connectivity index (χ4v) is 0.647. The molecule has 0 aromatic heterocycles. The highest BCUT2D eigenvalue weighted by Gasteiger charge is 2.17. The van der Waals surface area contributed by atoms with Gasteiger partial charge < -0.3 is 14.9 Å². The molecular weight excluding hydrogens is 162 g/mol. The zero-order valence-corrected chi connectivity index (χ0v) is 6.86. The summed E-state index contributed by atoms with van der Waals surface area (Å²) in [4.78, 5) is 10.5. The number of hydrogen-bond donors (Lipinski definition) is 3.